The average molecular weight is 237 g/mol. The molecule has 1 N–H and O–H groups in total. The van der Waals surface area contributed by atoms with E-state index in [-0.39, 0.29) is 0 Å². The summed E-state index contributed by atoms with van der Waals surface area (Å²) >= 11 is 0. The Hall–Kier alpha value is -0.900. The molecule has 0 saturated carbocycles. The molecule has 2 fully saturated rings. The summed E-state index contributed by atoms with van der Waals surface area (Å²) in [6.45, 7) is 2.94. The number of aromatic nitrogens is 2. The lowest BCUT2D eigenvalue weighted by molar-refractivity contribution is 0.0862. The molecule has 2 saturated heterocycles. The SMILES string of the molecule is CCn1ccnc1CC1(F)CC2CCC(C1)N2. The van der Waals surface area contributed by atoms with Crippen LogP contribution in [-0.4, -0.2) is 27.3 Å². The molecule has 17 heavy (non-hydrogen) atoms. The predicted molar refractivity (Wildman–Crippen MR) is 64.6 cm³/mol. The van der Waals surface area contributed by atoms with E-state index < -0.39 is 5.67 Å². The second kappa shape index (κ2) is 4.09. The highest BCUT2D eigenvalue weighted by Gasteiger charge is 2.44. The molecule has 2 unspecified atom stereocenters. The molecule has 2 atom stereocenters. The number of hydrogen-bond acceptors (Lipinski definition) is 2. The summed E-state index contributed by atoms with van der Waals surface area (Å²) in [5, 5.41) is 3.49. The van der Waals surface area contributed by atoms with E-state index in [0.717, 1.165) is 25.2 Å². The van der Waals surface area contributed by atoms with E-state index in [4.69, 9.17) is 0 Å². The predicted octanol–water partition coefficient (Wildman–Crippen LogP) is 2.07. The molecule has 3 rings (SSSR count). The van der Waals surface area contributed by atoms with E-state index >= 15 is 0 Å². The number of aryl methyl sites for hydroxylation is 1. The number of halogens is 1. The third-order valence-electron chi connectivity index (χ3n) is 4.18. The lowest BCUT2D eigenvalue weighted by atomic mass is 9.86. The van der Waals surface area contributed by atoms with Gasteiger partial charge in [-0.25, -0.2) is 9.37 Å². The molecule has 2 aliphatic rings. The number of hydrogen-bond donors (Lipinski definition) is 1. The van der Waals surface area contributed by atoms with Gasteiger partial charge in [-0.2, -0.15) is 0 Å². The van der Waals surface area contributed by atoms with Gasteiger partial charge < -0.3 is 9.88 Å². The molecule has 3 heterocycles. The van der Waals surface area contributed by atoms with Crippen molar-refractivity contribution < 1.29 is 4.39 Å². The molecular weight excluding hydrogens is 217 g/mol. The average Bonchev–Trinajstić information content (AvgIpc) is 2.85. The highest BCUT2D eigenvalue weighted by Crippen LogP contribution is 2.38. The highest BCUT2D eigenvalue weighted by molar-refractivity contribution is 5.06. The Bertz CT molecular complexity index is 389. The molecule has 0 spiro atoms. The Balaban J connectivity index is 1.76. The van der Waals surface area contributed by atoms with Crippen molar-refractivity contribution >= 4 is 0 Å². The molecule has 3 nitrogen and oxygen atoms in total. The second-order valence-corrected chi connectivity index (χ2v) is 5.50. The Labute approximate surface area is 101 Å². The van der Waals surface area contributed by atoms with E-state index in [1.807, 2.05) is 10.8 Å². The number of piperidine rings is 1. The molecule has 0 radical (unpaired) electrons. The first-order chi connectivity index (χ1) is 8.18. The van der Waals surface area contributed by atoms with E-state index in [9.17, 15) is 4.39 Å². The Kier molecular flexibility index (Phi) is 2.69. The van der Waals surface area contributed by atoms with Crippen LogP contribution >= 0.6 is 0 Å². The van der Waals surface area contributed by atoms with Crippen LogP contribution in [0, 0.1) is 0 Å². The normalized spacial score (nSPS) is 36.4. The van der Waals surface area contributed by atoms with Gasteiger partial charge in [0.05, 0.1) is 0 Å². The number of alkyl halides is 1. The highest BCUT2D eigenvalue weighted by atomic mass is 19.1. The van der Waals surface area contributed by atoms with Crippen molar-refractivity contribution in [1.29, 1.82) is 0 Å². The molecule has 94 valence electrons. The first-order valence-electron chi connectivity index (χ1n) is 6.63. The number of fused-ring (bicyclic) bond motifs is 2. The van der Waals surface area contributed by atoms with Crippen LogP contribution in [-0.2, 0) is 13.0 Å². The molecule has 1 aromatic rings. The summed E-state index contributed by atoms with van der Waals surface area (Å²) in [5.74, 6) is 0.899. The van der Waals surface area contributed by atoms with Gasteiger partial charge in [-0.15, -0.1) is 0 Å². The van der Waals surface area contributed by atoms with Crippen molar-refractivity contribution in [3.05, 3.63) is 18.2 Å². The van der Waals surface area contributed by atoms with Gasteiger partial charge >= 0.3 is 0 Å². The summed E-state index contributed by atoms with van der Waals surface area (Å²) in [7, 11) is 0. The van der Waals surface area contributed by atoms with Crippen molar-refractivity contribution in [2.75, 3.05) is 0 Å². The largest absolute Gasteiger partial charge is 0.335 e. The minimum atomic E-state index is -1.05. The van der Waals surface area contributed by atoms with Gasteiger partial charge in [0.2, 0.25) is 0 Å². The minimum Gasteiger partial charge on any atom is -0.335 e. The number of nitrogens with zero attached hydrogens (tertiary/aromatic N) is 2. The summed E-state index contributed by atoms with van der Waals surface area (Å²) in [5.41, 5.74) is -1.05. The van der Waals surface area contributed by atoms with Gasteiger partial charge in [0.25, 0.3) is 0 Å². The van der Waals surface area contributed by atoms with Crippen molar-refractivity contribution in [2.45, 2.75) is 63.3 Å². The van der Waals surface area contributed by atoms with E-state index in [2.05, 4.69) is 17.2 Å². The molecule has 0 aromatic carbocycles. The van der Waals surface area contributed by atoms with Gasteiger partial charge in [0, 0.05) is 37.4 Å². The van der Waals surface area contributed by atoms with Crippen molar-refractivity contribution in [3.63, 3.8) is 0 Å². The zero-order valence-electron chi connectivity index (χ0n) is 10.3. The topological polar surface area (TPSA) is 29.9 Å². The van der Waals surface area contributed by atoms with Gasteiger partial charge in [0.15, 0.2) is 0 Å². The van der Waals surface area contributed by atoms with Crippen LogP contribution in [0.2, 0.25) is 0 Å². The quantitative estimate of drug-likeness (QED) is 0.872. The van der Waals surface area contributed by atoms with Gasteiger partial charge in [0.1, 0.15) is 11.5 Å². The molecule has 2 bridgehead atoms. The minimum absolute atomic E-state index is 0.392. The van der Waals surface area contributed by atoms with Crippen LogP contribution in [0.1, 0.15) is 38.4 Å². The van der Waals surface area contributed by atoms with Crippen LogP contribution in [0.5, 0.6) is 0 Å². The first kappa shape index (κ1) is 11.2. The van der Waals surface area contributed by atoms with E-state index in [0.29, 0.717) is 31.3 Å². The maximum atomic E-state index is 14.9. The first-order valence-corrected chi connectivity index (χ1v) is 6.63. The summed E-state index contributed by atoms with van der Waals surface area (Å²) in [4.78, 5) is 4.30. The molecule has 1 aromatic heterocycles. The maximum absolute atomic E-state index is 14.9. The van der Waals surface area contributed by atoms with Crippen LogP contribution < -0.4 is 5.32 Å². The lowest BCUT2D eigenvalue weighted by Crippen LogP contribution is -2.47. The lowest BCUT2D eigenvalue weighted by Gasteiger charge is -2.34. The fourth-order valence-electron chi connectivity index (χ4n) is 3.41. The number of imidazole rings is 1. The van der Waals surface area contributed by atoms with Gasteiger partial charge in [-0.1, -0.05) is 0 Å². The molecular formula is C13H20FN3. The number of nitrogens with one attached hydrogen (secondary N) is 1. The van der Waals surface area contributed by atoms with Crippen LogP contribution in [0.4, 0.5) is 4.39 Å². The second-order valence-electron chi connectivity index (χ2n) is 5.50. The molecule has 0 amide bonds. The fraction of sp³-hybridized carbons (Fsp3) is 0.769. The van der Waals surface area contributed by atoms with Crippen molar-refractivity contribution in [1.82, 2.24) is 14.9 Å². The van der Waals surface area contributed by atoms with Crippen molar-refractivity contribution in [3.8, 4) is 0 Å². The summed E-state index contributed by atoms with van der Waals surface area (Å²) in [6.07, 6.45) is 7.77. The Morgan fingerprint density at radius 2 is 2.18 bits per heavy atom. The van der Waals surface area contributed by atoms with Crippen LogP contribution in [0.3, 0.4) is 0 Å². The fourth-order valence-corrected chi connectivity index (χ4v) is 3.41. The van der Waals surface area contributed by atoms with Crippen LogP contribution in [0.15, 0.2) is 12.4 Å². The monoisotopic (exact) mass is 237 g/mol. The summed E-state index contributed by atoms with van der Waals surface area (Å²) in [6, 6.07) is 0.785. The molecule has 2 aliphatic heterocycles. The number of rotatable bonds is 3. The Morgan fingerprint density at radius 1 is 1.47 bits per heavy atom. The Morgan fingerprint density at radius 3 is 2.82 bits per heavy atom. The third kappa shape index (κ3) is 2.10. The van der Waals surface area contributed by atoms with E-state index in [1.165, 1.54) is 0 Å². The summed E-state index contributed by atoms with van der Waals surface area (Å²) < 4.78 is 16.9. The van der Waals surface area contributed by atoms with Crippen LogP contribution in [0.25, 0.3) is 0 Å². The van der Waals surface area contributed by atoms with Gasteiger partial charge in [-0.05, 0) is 32.6 Å². The van der Waals surface area contributed by atoms with Crippen molar-refractivity contribution in [2.24, 2.45) is 0 Å². The standard InChI is InChI=1S/C13H20FN3/c1-2-17-6-5-15-12(17)9-13(14)7-10-3-4-11(8-13)16-10/h5-6,10-11,16H,2-4,7-9H2,1H3. The smallest absolute Gasteiger partial charge is 0.121 e. The zero-order chi connectivity index (χ0) is 11.9. The molecule has 0 aliphatic carbocycles. The molecule has 4 heteroatoms. The third-order valence-corrected chi connectivity index (χ3v) is 4.18. The van der Waals surface area contributed by atoms with Gasteiger partial charge in [-0.3, -0.25) is 0 Å². The maximum Gasteiger partial charge on any atom is 0.121 e. The van der Waals surface area contributed by atoms with E-state index in [1.54, 1.807) is 6.20 Å². The zero-order valence-corrected chi connectivity index (χ0v) is 10.3.